The van der Waals surface area contributed by atoms with Crippen LogP contribution in [0.15, 0.2) is 12.1 Å². The highest BCUT2D eigenvalue weighted by atomic mass is 19.1. The lowest BCUT2D eigenvalue weighted by Gasteiger charge is -2.09. The van der Waals surface area contributed by atoms with E-state index in [4.69, 9.17) is 4.74 Å². The minimum absolute atomic E-state index is 0.0370. The first-order valence-electron chi connectivity index (χ1n) is 4.98. The van der Waals surface area contributed by atoms with Crippen molar-refractivity contribution >= 4 is 11.7 Å². The first-order chi connectivity index (χ1) is 7.82. The zero-order valence-electron chi connectivity index (χ0n) is 9.69. The quantitative estimate of drug-likeness (QED) is 0.463. The van der Waals surface area contributed by atoms with Crippen LogP contribution in [-0.4, -0.2) is 17.0 Å². The van der Waals surface area contributed by atoms with Crippen molar-refractivity contribution in [1.29, 1.82) is 0 Å². The fourth-order valence-corrected chi connectivity index (χ4v) is 1.28. The predicted octanol–water partition coefficient (Wildman–Crippen LogP) is 2.61. The number of hydrogen-bond acceptors (Lipinski definition) is 4. The van der Waals surface area contributed by atoms with Crippen molar-refractivity contribution in [2.24, 2.45) is 0 Å². The van der Waals surface area contributed by atoms with Gasteiger partial charge in [0, 0.05) is 12.1 Å². The number of nitrogens with zero attached hydrogens (tertiary/aromatic N) is 1. The van der Waals surface area contributed by atoms with Crippen LogP contribution in [0, 0.1) is 22.9 Å². The molecule has 17 heavy (non-hydrogen) atoms. The van der Waals surface area contributed by atoms with Gasteiger partial charge < -0.3 is 4.74 Å². The molecule has 6 heteroatoms. The number of aryl methyl sites for hydroxylation is 1. The lowest BCUT2D eigenvalue weighted by atomic mass is 10.1. The highest BCUT2D eigenvalue weighted by molar-refractivity contribution is 5.90. The highest BCUT2D eigenvalue weighted by Gasteiger charge is 2.21. The number of benzene rings is 1. The maximum absolute atomic E-state index is 13.6. The highest BCUT2D eigenvalue weighted by Crippen LogP contribution is 2.22. The summed E-state index contributed by atoms with van der Waals surface area (Å²) in [7, 11) is 0. The number of nitro groups is 1. The second-order valence-electron chi connectivity index (χ2n) is 3.84. The Kier molecular flexibility index (Phi) is 3.77. The maximum Gasteiger partial charge on any atom is 0.341 e. The van der Waals surface area contributed by atoms with Crippen LogP contribution in [0.1, 0.15) is 29.8 Å². The number of ether oxygens (including phenoxy) is 1. The van der Waals surface area contributed by atoms with Gasteiger partial charge in [-0.05, 0) is 26.3 Å². The van der Waals surface area contributed by atoms with Crippen molar-refractivity contribution in [2.45, 2.75) is 26.9 Å². The largest absolute Gasteiger partial charge is 0.459 e. The predicted molar refractivity (Wildman–Crippen MR) is 58.3 cm³/mol. The molecule has 1 rings (SSSR count). The molecule has 0 saturated carbocycles. The van der Waals surface area contributed by atoms with Crippen LogP contribution in [0.2, 0.25) is 0 Å². The molecule has 0 N–H and O–H groups in total. The summed E-state index contributed by atoms with van der Waals surface area (Å²) < 4.78 is 18.4. The minimum atomic E-state index is -0.899. The standard InChI is InChI=1S/C11H12FNO4/c1-6(2)17-11(14)9-5-8(13(15)16)4-7(3)10(9)12/h4-6H,1-3H3. The third-order valence-electron chi connectivity index (χ3n) is 2.01. The molecule has 92 valence electrons. The van der Waals surface area contributed by atoms with Crippen LogP contribution < -0.4 is 0 Å². The number of carbonyl (C=O) groups is 1. The summed E-state index contributed by atoms with van der Waals surface area (Å²) in [5.74, 6) is -1.69. The molecule has 0 spiro atoms. The van der Waals surface area contributed by atoms with E-state index in [2.05, 4.69) is 0 Å². The van der Waals surface area contributed by atoms with Gasteiger partial charge in [0.25, 0.3) is 5.69 Å². The molecule has 0 saturated heterocycles. The monoisotopic (exact) mass is 241 g/mol. The van der Waals surface area contributed by atoms with Crippen LogP contribution in [0.3, 0.4) is 0 Å². The van der Waals surface area contributed by atoms with Crippen molar-refractivity contribution in [3.8, 4) is 0 Å². The Balaban J connectivity index is 3.22. The van der Waals surface area contributed by atoms with E-state index in [9.17, 15) is 19.3 Å². The van der Waals surface area contributed by atoms with E-state index in [1.165, 1.54) is 6.92 Å². The molecule has 1 aromatic carbocycles. The summed E-state index contributed by atoms with van der Waals surface area (Å²) in [6.07, 6.45) is -0.415. The number of nitro benzene ring substituents is 1. The Morgan fingerprint density at radius 1 is 1.47 bits per heavy atom. The van der Waals surface area contributed by atoms with Gasteiger partial charge in [-0.2, -0.15) is 0 Å². The lowest BCUT2D eigenvalue weighted by Crippen LogP contribution is -2.14. The van der Waals surface area contributed by atoms with Crippen LogP contribution >= 0.6 is 0 Å². The minimum Gasteiger partial charge on any atom is -0.459 e. The van der Waals surface area contributed by atoms with Crippen LogP contribution in [0.5, 0.6) is 0 Å². The summed E-state index contributed by atoms with van der Waals surface area (Å²) in [6, 6.07) is 1.95. The average Bonchev–Trinajstić information content (AvgIpc) is 2.20. The van der Waals surface area contributed by atoms with E-state index >= 15 is 0 Å². The molecule has 5 nitrogen and oxygen atoms in total. The van der Waals surface area contributed by atoms with E-state index in [0.717, 1.165) is 12.1 Å². The number of rotatable bonds is 3. The first kappa shape index (κ1) is 13.1. The van der Waals surface area contributed by atoms with E-state index in [1.54, 1.807) is 13.8 Å². The molecule has 0 fully saturated rings. The van der Waals surface area contributed by atoms with E-state index in [1.807, 2.05) is 0 Å². The summed E-state index contributed by atoms with van der Waals surface area (Å²) in [6.45, 7) is 4.58. The molecule has 0 bridgehead atoms. The number of carbonyl (C=O) groups excluding carboxylic acids is 1. The molecule has 0 aliphatic heterocycles. The average molecular weight is 241 g/mol. The molecule has 0 radical (unpaired) electrons. The number of hydrogen-bond donors (Lipinski definition) is 0. The normalized spacial score (nSPS) is 10.4. The molecule has 0 aromatic heterocycles. The Bertz CT molecular complexity index is 471. The van der Waals surface area contributed by atoms with Gasteiger partial charge >= 0.3 is 5.97 Å². The van der Waals surface area contributed by atoms with Gasteiger partial charge in [-0.1, -0.05) is 0 Å². The van der Waals surface area contributed by atoms with Gasteiger partial charge in [-0.15, -0.1) is 0 Å². The van der Waals surface area contributed by atoms with Crippen molar-refractivity contribution in [3.05, 3.63) is 39.2 Å². The topological polar surface area (TPSA) is 69.4 Å². The second-order valence-corrected chi connectivity index (χ2v) is 3.84. The zero-order chi connectivity index (χ0) is 13.2. The Morgan fingerprint density at radius 2 is 2.06 bits per heavy atom. The zero-order valence-corrected chi connectivity index (χ0v) is 9.69. The summed E-state index contributed by atoms with van der Waals surface area (Å²) in [5.41, 5.74) is -0.708. The van der Waals surface area contributed by atoms with Gasteiger partial charge in [-0.3, -0.25) is 10.1 Å². The molecule has 0 amide bonds. The van der Waals surface area contributed by atoms with E-state index < -0.39 is 28.4 Å². The van der Waals surface area contributed by atoms with Crippen LogP contribution in [0.25, 0.3) is 0 Å². The van der Waals surface area contributed by atoms with Gasteiger partial charge in [-0.25, -0.2) is 9.18 Å². The van der Waals surface area contributed by atoms with Crippen molar-refractivity contribution in [3.63, 3.8) is 0 Å². The van der Waals surface area contributed by atoms with Gasteiger partial charge in [0.15, 0.2) is 0 Å². The second kappa shape index (κ2) is 4.90. The molecular formula is C11H12FNO4. The summed E-state index contributed by atoms with van der Waals surface area (Å²) in [4.78, 5) is 21.4. The molecule has 0 aliphatic rings. The van der Waals surface area contributed by atoms with E-state index in [-0.39, 0.29) is 11.3 Å². The SMILES string of the molecule is Cc1cc([N+](=O)[O-])cc(C(=O)OC(C)C)c1F. The maximum atomic E-state index is 13.6. The van der Waals surface area contributed by atoms with Gasteiger partial charge in [0.05, 0.1) is 11.0 Å². The number of halogens is 1. The Hall–Kier alpha value is -1.98. The van der Waals surface area contributed by atoms with Crippen LogP contribution in [0.4, 0.5) is 10.1 Å². The molecule has 1 aromatic rings. The third-order valence-corrected chi connectivity index (χ3v) is 2.01. The Morgan fingerprint density at radius 3 is 2.53 bits per heavy atom. The van der Waals surface area contributed by atoms with Crippen LogP contribution in [-0.2, 0) is 4.74 Å². The molecule has 0 aliphatic carbocycles. The molecular weight excluding hydrogens is 229 g/mol. The molecule has 0 unspecified atom stereocenters. The molecule has 0 atom stereocenters. The van der Waals surface area contributed by atoms with Gasteiger partial charge in [0.1, 0.15) is 11.4 Å². The third kappa shape index (κ3) is 2.99. The number of non-ortho nitro benzene ring substituents is 1. The van der Waals surface area contributed by atoms with Crippen molar-refractivity contribution < 1.29 is 18.8 Å². The van der Waals surface area contributed by atoms with E-state index in [0.29, 0.717) is 0 Å². The van der Waals surface area contributed by atoms with Crippen molar-refractivity contribution in [2.75, 3.05) is 0 Å². The first-order valence-corrected chi connectivity index (χ1v) is 4.98. The number of esters is 1. The summed E-state index contributed by atoms with van der Waals surface area (Å²) in [5, 5.41) is 10.6. The molecule has 0 heterocycles. The smallest absolute Gasteiger partial charge is 0.341 e. The Labute approximate surface area is 97.3 Å². The fourth-order valence-electron chi connectivity index (χ4n) is 1.28. The van der Waals surface area contributed by atoms with Crippen molar-refractivity contribution in [1.82, 2.24) is 0 Å². The fraction of sp³-hybridized carbons (Fsp3) is 0.364. The summed E-state index contributed by atoms with van der Waals surface area (Å²) >= 11 is 0. The lowest BCUT2D eigenvalue weighted by molar-refractivity contribution is -0.385. The van der Waals surface area contributed by atoms with Gasteiger partial charge in [0.2, 0.25) is 0 Å².